The Hall–Kier alpha value is -3.53. The monoisotopic (exact) mass is 367 g/mol. The molecule has 0 aliphatic carbocycles. The summed E-state index contributed by atoms with van der Waals surface area (Å²) in [6.45, 7) is 4.35. The highest BCUT2D eigenvalue weighted by Gasteiger charge is 2.16. The molecule has 2 aromatic rings. The van der Waals surface area contributed by atoms with Crippen LogP contribution in [0.5, 0.6) is 11.5 Å². The molecule has 7 nitrogen and oxygen atoms in total. The van der Waals surface area contributed by atoms with Crippen molar-refractivity contribution in [2.75, 3.05) is 23.8 Å². The Labute approximate surface area is 157 Å². The molecule has 0 aliphatic rings. The largest absolute Gasteiger partial charge is 0.492 e. The predicted molar refractivity (Wildman–Crippen MR) is 102 cm³/mol. The molecule has 0 atom stereocenters. The van der Waals surface area contributed by atoms with Crippen LogP contribution in [0.1, 0.15) is 30.6 Å². The van der Waals surface area contributed by atoms with Gasteiger partial charge < -0.3 is 20.1 Å². The maximum absolute atomic E-state index is 12.5. The van der Waals surface area contributed by atoms with Crippen molar-refractivity contribution in [2.24, 2.45) is 0 Å². The summed E-state index contributed by atoms with van der Waals surface area (Å²) in [6, 6.07) is 13.7. The fourth-order valence-corrected chi connectivity index (χ4v) is 2.36. The molecule has 0 fully saturated rings. The van der Waals surface area contributed by atoms with E-state index in [2.05, 4.69) is 10.6 Å². The Morgan fingerprint density at radius 1 is 0.963 bits per heavy atom. The lowest BCUT2D eigenvalue weighted by atomic mass is 10.2. The van der Waals surface area contributed by atoms with Gasteiger partial charge in [-0.15, -0.1) is 0 Å². The van der Waals surface area contributed by atoms with E-state index in [1.807, 2.05) is 13.0 Å². The number of nitrogens with zero attached hydrogens (tertiary/aromatic N) is 1. The van der Waals surface area contributed by atoms with Gasteiger partial charge >= 0.3 is 0 Å². The summed E-state index contributed by atoms with van der Waals surface area (Å²) in [5, 5.41) is 14.1. The normalized spacial score (nSPS) is 9.81. The number of ether oxygens (including phenoxy) is 2. The molecule has 140 valence electrons. The summed E-state index contributed by atoms with van der Waals surface area (Å²) < 4.78 is 11.2. The summed E-state index contributed by atoms with van der Waals surface area (Å²) in [5.74, 6) is 0.00957. The lowest BCUT2D eigenvalue weighted by molar-refractivity contribution is -0.115. The second-order valence-electron chi connectivity index (χ2n) is 5.41. The number of amides is 2. The van der Waals surface area contributed by atoms with Crippen LogP contribution >= 0.6 is 0 Å². The Morgan fingerprint density at radius 2 is 1.52 bits per heavy atom. The van der Waals surface area contributed by atoms with E-state index in [9.17, 15) is 9.59 Å². The van der Waals surface area contributed by atoms with E-state index < -0.39 is 5.91 Å². The minimum absolute atomic E-state index is 0.276. The molecular weight excluding hydrogens is 346 g/mol. The molecule has 2 aromatic carbocycles. The first-order valence-electron chi connectivity index (χ1n) is 8.55. The van der Waals surface area contributed by atoms with Crippen LogP contribution in [-0.4, -0.2) is 25.0 Å². The highest BCUT2D eigenvalue weighted by atomic mass is 16.5. The molecule has 0 aliphatic heterocycles. The maximum Gasteiger partial charge on any atom is 0.255 e. The molecule has 0 heterocycles. The molecule has 27 heavy (non-hydrogen) atoms. The van der Waals surface area contributed by atoms with E-state index in [-0.39, 0.29) is 12.3 Å². The summed E-state index contributed by atoms with van der Waals surface area (Å²) in [5.41, 5.74) is 1.30. The van der Waals surface area contributed by atoms with E-state index in [0.29, 0.717) is 41.7 Å². The van der Waals surface area contributed by atoms with Crippen LogP contribution in [0.3, 0.4) is 0 Å². The third-order valence-electron chi connectivity index (χ3n) is 3.48. The summed E-state index contributed by atoms with van der Waals surface area (Å²) in [4.78, 5) is 24.3. The zero-order valence-electron chi connectivity index (χ0n) is 15.2. The van der Waals surface area contributed by atoms with Gasteiger partial charge in [-0.1, -0.05) is 18.2 Å². The number of anilines is 2. The van der Waals surface area contributed by atoms with Gasteiger partial charge in [0.15, 0.2) is 0 Å². The van der Waals surface area contributed by atoms with Gasteiger partial charge in [-0.2, -0.15) is 5.26 Å². The average molecular weight is 367 g/mol. The Bertz CT molecular complexity index is 844. The summed E-state index contributed by atoms with van der Waals surface area (Å²) in [6.07, 6.45) is -0.276. The van der Waals surface area contributed by atoms with E-state index in [4.69, 9.17) is 14.7 Å². The number of carbonyl (C=O) groups is 2. The standard InChI is InChI=1S/C20H21N3O4/c1-3-26-17-13-16(23-20(25)14-8-6-5-7-9-14)18(27-4-2)12-15(17)22-19(24)10-11-21/h5-9,12-13H,3-4,10H2,1-2H3,(H,22,24)(H,23,25). The first kappa shape index (κ1) is 19.8. The van der Waals surface area contributed by atoms with Gasteiger partial charge in [-0.3, -0.25) is 9.59 Å². The average Bonchev–Trinajstić information content (AvgIpc) is 2.66. The molecule has 2 N–H and O–H groups in total. The molecule has 0 bridgehead atoms. The van der Waals surface area contributed by atoms with E-state index in [1.165, 1.54) is 0 Å². The van der Waals surface area contributed by atoms with Gasteiger partial charge in [0.2, 0.25) is 5.91 Å². The molecule has 0 spiro atoms. The van der Waals surface area contributed by atoms with Crippen molar-refractivity contribution < 1.29 is 19.1 Å². The smallest absolute Gasteiger partial charge is 0.255 e. The number of hydrogen-bond donors (Lipinski definition) is 2. The number of nitriles is 1. The van der Waals surface area contributed by atoms with Crippen LogP contribution in [0.2, 0.25) is 0 Å². The number of carbonyl (C=O) groups excluding carboxylic acids is 2. The van der Waals surface area contributed by atoms with Gasteiger partial charge in [0.1, 0.15) is 17.9 Å². The number of hydrogen-bond acceptors (Lipinski definition) is 5. The summed E-state index contributed by atoms with van der Waals surface area (Å²) in [7, 11) is 0. The van der Waals surface area contributed by atoms with Gasteiger partial charge in [0, 0.05) is 17.7 Å². The van der Waals surface area contributed by atoms with Gasteiger partial charge in [-0.25, -0.2) is 0 Å². The van der Waals surface area contributed by atoms with Crippen molar-refractivity contribution >= 4 is 23.2 Å². The Balaban J connectivity index is 2.37. The van der Waals surface area contributed by atoms with Crippen LogP contribution in [0.15, 0.2) is 42.5 Å². The van der Waals surface area contributed by atoms with Crippen molar-refractivity contribution in [3.05, 3.63) is 48.0 Å². The van der Waals surface area contributed by atoms with Crippen molar-refractivity contribution in [1.82, 2.24) is 0 Å². The van der Waals surface area contributed by atoms with Gasteiger partial charge in [0.25, 0.3) is 5.91 Å². The van der Waals surface area contributed by atoms with Crippen molar-refractivity contribution in [3.63, 3.8) is 0 Å². The van der Waals surface area contributed by atoms with Crippen LogP contribution in [0.25, 0.3) is 0 Å². The molecule has 7 heteroatoms. The third-order valence-corrected chi connectivity index (χ3v) is 3.48. The van der Waals surface area contributed by atoms with Crippen molar-refractivity contribution in [2.45, 2.75) is 20.3 Å². The molecule has 2 rings (SSSR count). The first-order valence-corrected chi connectivity index (χ1v) is 8.55. The lowest BCUT2D eigenvalue weighted by Gasteiger charge is -2.17. The number of nitrogens with one attached hydrogen (secondary N) is 2. The second kappa shape index (κ2) is 9.82. The minimum atomic E-state index is -0.457. The predicted octanol–water partition coefficient (Wildman–Crippen LogP) is 3.59. The zero-order chi connectivity index (χ0) is 19.6. The number of rotatable bonds is 8. The van der Waals surface area contributed by atoms with Crippen LogP contribution in [-0.2, 0) is 4.79 Å². The third kappa shape index (κ3) is 5.47. The SMILES string of the molecule is CCOc1cc(NC(=O)c2ccccc2)c(OCC)cc1NC(=O)CC#N. The van der Waals surface area contributed by atoms with E-state index >= 15 is 0 Å². The highest BCUT2D eigenvalue weighted by Crippen LogP contribution is 2.37. The van der Waals surface area contributed by atoms with E-state index in [0.717, 1.165) is 0 Å². The summed E-state index contributed by atoms with van der Waals surface area (Å²) >= 11 is 0. The number of benzene rings is 2. The topological polar surface area (TPSA) is 100 Å². The van der Waals surface area contributed by atoms with Crippen molar-refractivity contribution in [3.8, 4) is 17.6 Å². The fraction of sp³-hybridized carbons (Fsp3) is 0.250. The van der Waals surface area contributed by atoms with Gasteiger partial charge in [-0.05, 0) is 26.0 Å². The molecule has 2 amide bonds. The molecule has 0 aromatic heterocycles. The molecule has 0 saturated carbocycles. The maximum atomic E-state index is 12.5. The van der Waals surface area contributed by atoms with Crippen LogP contribution in [0.4, 0.5) is 11.4 Å². The lowest BCUT2D eigenvalue weighted by Crippen LogP contribution is -2.15. The molecule has 0 radical (unpaired) electrons. The molecule has 0 unspecified atom stereocenters. The fourth-order valence-electron chi connectivity index (χ4n) is 2.36. The second-order valence-corrected chi connectivity index (χ2v) is 5.41. The molecular formula is C20H21N3O4. The Kier molecular flexibility index (Phi) is 7.20. The van der Waals surface area contributed by atoms with E-state index in [1.54, 1.807) is 49.4 Å². The first-order chi connectivity index (χ1) is 13.1. The van der Waals surface area contributed by atoms with Crippen LogP contribution in [0, 0.1) is 11.3 Å². The van der Waals surface area contributed by atoms with Crippen LogP contribution < -0.4 is 20.1 Å². The quantitative estimate of drug-likeness (QED) is 0.743. The minimum Gasteiger partial charge on any atom is -0.492 e. The van der Waals surface area contributed by atoms with Gasteiger partial charge in [0.05, 0.1) is 30.7 Å². The molecule has 0 saturated heterocycles. The zero-order valence-corrected chi connectivity index (χ0v) is 15.2. The Morgan fingerprint density at radius 3 is 2.04 bits per heavy atom. The van der Waals surface area contributed by atoms with Crippen molar-refractivity contribution in [1.29, 1.82) is 5.26 Å². The highest BCUT2D eigenvalue weighted by molar-refractivity contribution is 6.05.